The molecule has 0 bridgehead atoms. The number of amides is 1. The fourth-order valence-electron chi connectivity index (χ4n) is 2.90. The van der Waals surface area contributed by atoms with Crippen LogP contribution >= 0.6 is 22.9 Å². The van der Waals surface area contributed by atoms with Crippen LogP contribution < -0.4 is 5.32 Å². The van der Waals surface area contributed by atoms with Gasteiger partial charge in [0.2, 0.25) is 11.0 Å². The summed E-state index contributed by atoms with van der Waals surface area (Å²) in [6, 6.07) is 7.57. The quantitative estimate of drug-likeness (QED) is 0.817. The number of rotatable bonds is 6. The lowest BCUT2D eigenvalue weighted by Crippen LogP contribution is -2.28. The maximum atomic E-state index is 12.7. The van der Waals surface area contributed by atoms with Gasteiger partial charge in [-0.1, -0.05) is 55.0 Å². The van der Waals surface area contributed by atoms with E-state index in [1.165, 1.54) is 11.3 Å². The Morgan fingerprint density at radius 2 is 2.00 bits per heavy atom. The Morgan fingerprint density at radius 1 is 1.30 bits per heavy atom. The Bertz CT molecular complexity index is 707. The summed E-state index contributed by atoms with van der Waals surface area (Å²) in [4.78, 5) is 12.7. The molecule has 0 spiro atoms. The molecule has 23 heavy (non-hydrogen) atoms. The first-order valence-electron chi connectivity index (χ1n) is 8.00. The van der Waals surface area contributed by atoms with Crippen LogP contribution in [0.4, 0.5) is 5.13 Å². The first-order valence-corrected chi connectivity index (χ1v) is 9.20. The Kier molecular flexibility index (Phi) is 4.69. The normalized spacial score (nSPS) is 15.7. The summed E-state index contributed by atoms with van der Waals surface area (Å²) >= 11 is 7.75. The van der Waals surface area contributed by atoms with Gasteiger partial charge in [0.25, 0.3) is 0 Å². The van der Waals surface area contributed by atoms with E-state index < -0.39 is 5.41 Å². The summed E-state index contributed by atoms with van der Waals surface area (Å²) in [5.41, 5.74) is 0.405. The minimum Gasteiger partial charge on any atom is -0.300 e. The Labute approximate surface area is 145 Å². The minimum atomic E-state index is -0.501. The van der Waals surface area contributed by atoms with Crippen molar-refractivity contribution in [2.24, 2.45) is 0 Å². The van der Waals surface area contributed by atoms with Crippen LogP contribution in [0.2, 0.25) is 5.02 Å². The number of aromatic nitrogens is 2. The van der Waals surface area contributed by atoms with Gasteiger partial charge in [-0.15, -0.1) is 10.2 Å². The topological polar surface area (TPSA) is 54.9 Å². The highest BCUT2D eigenvalue weighted by Crippen LogP contribution is 2.51. The van der Waals surface area contributed by atoms with E-state index in [-0.39, 0.29) is 5.91 Å². The van der Waals surface area contributed by atoms with E-state index in [1.807, 2.05) is 24.3 Å². The fraction of sp³-hybridized carbons (Fsp3) is 0.471. The van der Waals surface area contributed by atoms with E-state index in [2.05, 4.69) is 29.4 Å². The van der Waals surface area contributed by atoms with E-state index in [0.29, 0.717) is 16.1 Å². The van der Waals surface area contributed by atoms with E-state index in [4.69, 9.17) is 11.6 Å². The van der Waals surface area contributed by atoms with Gasteiger partial charge in [-0.25, -0.2) is 0 Å². The van der Waals surface area contributed by atoms with Crippen LogP contribution in [0.3, 0.4) is 0 Å². The van der Waals surface area contributed by atoms with Gasteiger partial charge in [-0.05, 0) is 37.3 Å². The number of nitrogens with zero attached hydrogens (tertiary/aromatic N) is 2. The first-order chi connectivity index (χ1) is 11.1. The molecule has 4 nitrogen and oxygen atoms in total. The third-order valence-electron chi connectivity index (χ3n) is 4.57. The van der Waals surface area contributed by atoms with Crippen molar-refractivity contribution in [3.63, 3.8) is 0 Å². The number of anilines is 1. The van der Waals surface area contributed by atoms with E-state index in [1.54, 1.807) is 0 Å². The molecule has 1 aromatic heterocycles. The molecule has 122 valence electrons. The molecular weight excluding hydrogens is 330 g/mol. The number of carbonyl (C=O) groups is 1. The number of benzene rings is 1. The predicted octanol–water partition coefficient (Wildman–Crippen LogP) is 4.77. The molecule has 0 saturated heterocycles. The third kappa shape index (κ3) is 3.12. The molecule has 1 aromatic carbocycles. The molecule has 1 N–H and O–H groups in total. The molecule has 1 heterocycles. The van der Waals surface area contributed by atoms with Gasteiger partial charge in [0.15, 0.2) is 0 Å². The second-order valence-electron chi connectivity index (χ2n) is 5.97. The predicted molar refractivity (Wildman–Crippen MR) is 94.2 cm³/mol. The molecule has 1 aliphatic rings. The molecule has 6 heteroatoms. The van der Waals surface area contributed by atoms with E-state index >= 15 is 0 Å². The molecular formula is C17H20ClN3OS. The molecule has 2 aromatic rings. The number of nitrogens with one attached hydrogen (secondary N) is 1. The molecule has 0 radical (unpaired) electrons. The fourth-order valence-corrected chi connectivity index (χ4v) is 4.22. The van der Waals surface area contributed by atoms with Gasteiger partial charge in [0.05, 0.1) is 5.41 Å². The van der Waals surface area contributed by atoms with Gasteiger partial charge in [0, 0.05) is 10.9 Å². The van der Waals surface area contributed by atoms with Crippen molar-refractivity contribution in [2.45, 2.75) is 50.9 Å². The summed E-state index contributed by atoms with van der Waals surface area (Å²) in [6.45, 7) is 4.29. The van der Waals surface area contributed by atoms with Gasteiger partial charge in [-0.2, -0.15) is 0 Å². The van der Waals surface area contributed by atoms with Gasteiger partial charge < -0.3 is 0 Å². The van der Waals surface area contributed by atoms with Gasteiger partial charge >= 0.3 is 0 Å². The van der Waals surface area contributed by atoms with Crippen LogP contribution in [0.15, 0.2) is 24.3 Å². The minimum absolute atomic E-state index is 0.0298. The van der Waals surface area contributed by atoms with Crippen molar-refractivity contribution in [3.05, 3.63) is 39.9 Å². The SMILES string of the molecule is CCC(CC)c1nnc(NC(=O)C2(c3ccccc3Cl)CC2)s1. The van der Waals surface area contributed by atoms with Crippen molar-refractivity contribution in [3.8, 4) is 0 Å². The largest absolute Gasteiger partial charge is 0.300 e. The zero-order valence-corrected chi connectivity index (χ0v) is 14.9. The van der Waals surface area contributed by atoms with Gasteiger partial charge in [-0.3, -0.25) is 10.1 Å². The molecule has 3 rings (SSSR count). The van der Waals surface area contributed by atoms with Crippen molar-refractivity contribution in [2.75, 3.05) is 5.32 Å². The van der Waals surface area contributed by atoms with Crippen LogP contribution in [-0.2, 0) is 10.2 Å². The van der Waals surface area contributed by atoms with E-state index in [9.17, 15) is 4.79 Å². The summed E-state index contributed by atoms with van der Waals surface area (Å²) in [5.74, 6) is 0.384. The van der Waals surface area contributed by atoms with Crippen molar-refractivity contribution < 1.29 is 4.79 Å². The standard InChI is InChI=1S/C17H20ClN3OS/c1-3-11(4-2)14-20-21-16(23-14)19-15(22)17(9-10-17)12-7-5-6-8-13(12)18/h5-8,11H,3-4,9-10H2,1-2H3,(H,19,21,22). The number of hydrogen-bond donors (Lipinski definition) is 1. The summed E-state index contributed by atoms with van der Waals surface area (Å²) in [7, 11) is 0. The lowest BCUT2D eigenvalue weighted by Gasteiger charge is -2.15. The number of carbonyl (C=O) groups excluding carboxylic acids is 1. The first kappa shape index (κ1) is 16.4. The molecule has 0 aliphatic heterocycles. The molecule has 1 saturated carbocycles. The smallest absolute Gasteiger partial charge is 0.236 e. The molecule has 1 amide bonds. The molecule has 1 aliphatic carbocycles. The zero-order valence-electron chi connectivity index (χ0n) is 13.3. The lowest BCUT2D eigenvalue weighted by atomic mass is 9.95. The average Bonchev–Trinajstić information content (AvgIpc) is 3.24. The molecule has 0 atom stereocenters. The van der Waals surface area contributed by atoms with Crippen molar-refractivity contribution in [1.82, 2.24) is 10.2 Å². The summed E-state index contributed by atoms with van der Waals surface area (Å²) < 4.78 is 0. The Balaban J connectivity index is 1.76. The van der Waals surface area contributed by atoms with Crippen LogP contribution in [-0.4, -0.2) is 16.1 Å². The van der Waals surface area contributed by atoms with E-state index in [0.717, 1.165) is 36.3 Å². The highest BCUT2D eigenvalue weighted by molar-refractivity contribution is 7.15. The highest BCUT2D eigenvalue weighted by atomic mass is 35.5. The third-order valence-corrected chi connectivity index (χ3v) is 5.90. The Hall–Kier alpha value is -1.46. The summed E-state index contributed by atoms with van der Waals surface area (Å²) in [6.07, 6.45) is 3.70. The van der Waals surface area contributed by atoms with Crippen LogP contribution in [0.1, 0.15) is 56.0 Å². The highest BCUT2D eigenvalue weighted by Gasteiger charge is 2.52. The molecule has 0 unspecified atom stereocenters. The second-order valence-corrected chi connectivity index (χ2v) is 7.39. The average molecular weight is 350 g/mol. The maximum absolute atomic E-state index is 12.7. The zero-order chi connectivity index (χ0) is 16.4. The van der Waals surface area contributed by atoms with Crippen LogP contribution in [0.25, 0.3) is 0 Å². The maximum Gasteiger partial charge on any atom is 0.236 e. The number of halogens is 1. The van der Waals surface area contributed by atoms with Gasteiger partial charge in [0.1, 0.15) is 5.01 Å². The second kappa shape index (κ2) is 6.57. The van der Waals surface area contributed by atoms with Crippen LogP contribution in [0.5, 0.6) is 0 Å². The van der Waals surface area contributed by atoms with Crippen molar-refractivity contribution >= 4 is 34.0 Å². The Morgan fingerprint density at radius 3 is 2.61 bits per heavy atom. The van der Waals surface area contributed by atoms with Crippen molar-refractivity contribution in [1.29, 1.82) is 0 Å². The monoisotopic (exact) mass is 349 g/mol. The lowest BCUT2D eigenvalue weighted by molar-refractivity contribution is -0.118. The number of hydrogen-bond acceptors (Lipinski definition) is 4. The summed E-state index contributed by atoms with van der Waals surface area (Å²) in [5, 5.41) is 13.5. The van der Waals surface area contributed by atoms with Crippen LogP contribution in [0, 0.1) is 0 Å². The molecule has 1 fully saturated rings.